The maximum absolute atomic E-state index is 11.3. The molecule has 0 radical (unpaired) electrons. The van der Waals surface area contributed by atoms with E-state index >= 15 is 0 Å². The van der Waals surface area contributed by atoms with Gasteiger partial charge in [-0.25, -0.2) is 0 Å². The molecule has 1 aliphatic rings. The third kappa shape index (κ3) is 2.03. The highest BCUT2D eigenvalue weighted by molar-refractivity contribution is 6.53. The summed E-state index contributed by atoms with van der Waals surface area (Å²) in [6, 6.07) is 0. The second kappa shape index (κ2) is 3.81. The molecule has 1 aliphatic heterocycles. The normalized spacial score (nSPS) is 29.9. The van der Waals surface area contributed by atoms with E-state index in [-0.39, 0.29) is 18.2 Å². The fourth-order valence-corrected chi connectivity index (χ4v) is 1.52. The fourth-order valence-electron chi connectivity index (χ4n) is 1.27. The molecule has 2 unspecified atom stereocenters. The van der Waals surface area contributed by atoms with Gasteiger partial charge < -0.3 is 9.64 Å². The monoisotopic (exact) mass is 211 g/mol. The molecule has 0 saturated carbocycles. The van der Waals surface area contributed by atoms with E-state index in [2.05, 4.69) is 0 Å². The number of amides is 1. The van der Waals surface area contributed by atoms with Crippen molar-refractivity contribution in [3.05, 3.63) is 0 Å². The van der Waals surface area contributed by atoms with E-state index in [1.54, 1.807) is 6.92 Å². The number of hydrogen-bond donors (Lipinski definition) is 0. The van der Waals surface area contributed by atoms with E-state index in [0.717, 1.165) is 0 Å². The summed E-state index contributed by atoms with van der Waals surface area (Å²) in [6.07, 6.45) is -0.150. The van der Waals surface area contributed by atoms with Crippen molar-refractivity contribution in [3.8, 4) is 0 Å². The molecule has 2 atom stereocenters. The van der Waals surface area contributed by atoms with Crippen molar-refractivity contribution >= 4 is 29.1 Å². The van der Waals surface area contributed by atoms with Crippen LogP contribution in [0.3, 0.4) is 0 Å². The van der Waals surface area contributed by atoms with Crippen molar-refractivity contribution in [2.45, 2.75) is 31.0 Å². The van der Waals surface area contributed by atoms with Crippen LogP contribution in [0.25, 0.3) is 0 Å². The van der Waals surface area contributed by atoms with Crippen LogP contribution in [0.2, 0.25) is 0 Å². The lowest BCUT2D eigenvalue weighted by molar-refractivity contribution is -0.133. The Balaban J connectivity index is 2.58. The molecule has 0 spiro atoms. The summed E-state index contributed by atoms with van der Waals surface area (Å²) in [5.41, 5.74) is 0. The summed E-state index contributed by atoms with van der Waals surface area (Å²) in [5.74, 6) is -0.282. The van der Waals surface area contributed by atoms with Crippen molar-refractivity contribution in [1.29, 1.82) is 0 Å². The molecule has 70 valence electrons. The molecule has 5 heteroatoms. The summed E-state index contributed by atoms with van der Waals surface area (Å²) >= 11 is 10.9. The maximum atomic E-state index is 11.3. The Morgan fingerprint density at radius 1 is 1.58 bits per heavy atom. The van der Waals surface area contributed by atoms with Crippen LogP contribution in [-0.2, 0) is 9.53 Å². The first-order valence-corrected chi connectivity index (χ1v) is 4.63. The van der Waals surface area contributed by atoms with Gasteiger partial charge in [-0.05, 0) is 13.8 Å². The molecule has 0 aromatic heterocycles. The van der Waals surface area contributed by atoms with Gasteiger partial charge in [0.2, 0.25) is 0 Å². The van der Waals surface area contributed by atoms with Crippen molar-refractivity contribution in [2.24, 2.45) is 0 Å². The van der Waals surface area contributed by atoms with Crippen LogP contribution in [0.1, 0.15) is 13.8 Å². The van der Waals surface area contributed by atoms with Crippen LogP contribution in [0.5, 0.6) is 0 Å². The topological polar surface area (TPSA) is 29.5 Å². The number of carbonyl (C=O) groups excluding carboxylic acids is 1. The first-order valence-electron chi connectivity index (χ1n) is 3.76. The van der Waals surface area contributed by atoms with Gasteiger partial charge in [0.05, 0.1) is 6.10 Å². The van der Waals surface area contributed by atoms with E-state index in [0.29, 0.717) is 6.54 Å². The van der Waals surface area contributed by atoms with E-state index in [9.17, 15) is 4.79 Å². The summed E-state index contributed by atoms with van der Waals surface area (Å²) in [4.78, 5) is 11.8. The lowest BCUT2D eigenvalue weighted by Gasteiger charge is -2.19. The van der Waals surface area contributed by atoms with Gasteiger partial charge in [0, 0.05) is 6.54 Å². The average Bonchev–Trinajstić information content (AvgIpc) is 2.28. The van der Waals surface area contributed by atoms with Gasteiger partial charge in [0.15, 0.2) is 4.84 Å². The van der Waals surface area contributed by atoms with Crippen molar-refractivity contribution in [1.82, 2.24) is 4.90 Å². The molecule has 3 nitrogen and oxygen atoms in total. The highest BCUT2D eigenvalue weighted by Gasteiger charge is 2.32. The smallest absolute Gasteiger partial charge is 0.257 e. The predicted octanol–water partition coefficient (Wildman–Crippen LogP) is 1.38. The summed E-state index contributed by atoms with van der Waals surface area (Å²) in [6.45, 7) is 4.27. The van der Waals surface area contributed by atoms with Gasteiger partial charge in [-0.15, -0.1) is 0 Å². The summed E-state index contributed by atoms with van der Waals surface area (Å²) in [7, 11) is 0. The summed E-state index contributed by atoms with van der Waals surface area (Å²) < 4.78 is 5.33. The molecule has 0 aliphatic carbocycles. The number of hydrogen-bond acceptors (Lipinski definition) is 2. The van der Waals surface area contributed by atoms with Crippen molar-refractivity contribution in [2.75, 3.05) is 6.54 Å². The van der Waals surface area contributed by atoms with Gasteiger partial charge >= 0.3 is 0 Å². The van der Waals surface area contributed by atoms with Gasteiger partial charge in [-0.1, -0.05) is 23.2 Å². The molecule has 1 amide bonds. The molecule has 1 rings (SSSR count). The number of carbonyl (C=O) groups is 1. The lowest BCUT2D eigenvalue weighted by atomic mass is 10.4. The molecular weight excluding hydrogens is 201 g/mol. The first kappa shape index (κ1) is 10.1. The Bertz CT molecular complexity index is 186. The Morgan fingerprint density at radius 3 is 2.50 bits per heavy atom. The molecule has 0 N–H and O–H groups in total. The quantitative estimate of drug-likeness (QED) is 0.614. The van der Waals surface area contributed by atoms with Gasteiger partial charge in [-0.2, -0.15) is 0 Å². The summed E-state index contributed by atoms with van der Waals surface area (Å²) in [5, 5.41) is 0. The second-order valence-corrected chi connectivity index (χ2v) is 3.93. The average molecular weight is 212 g/mol. The van der Waals surface area contributed by atoms with E-state index in [4.69, 9.17) is 27.9 Å². The Morgan fingerprint density at radius 2 is 2.17 bits per heavy atom. The minimum Gasteiger partial charge on any atom is -0.354 e. The largest absolute Gasteiger partial charge is 0.354 e. The van der Waals surface area contributed by atoms with Gasteiger partial charge in [0.25, 0.3) is 5.91 Å². The zero-order valence-electron chi connectivity index (χ0n) is 6.96. The molecule has 1 saturated heterocycles. The van der Waals surface area contributed by atoms with E-state index < -0.39 is 4.84 Å². The molecule has 1 fully saturated rings. The molecule has 1 heterocycles. The highest BCUT2D eigenvalue weighted by Crippen LogP contribution is 2.18. The minimum absolute atomic E-state index is 0.0658. The first-order chi connectivity index (χ1) is 5.52. The highest BCUT2D eigenvalue weighted by atomic mass is 35.5. The van der Waals surface area contributed by atoms with E-state index in [1.807, 2.05) is 6.92 Å². The lowest BCUT2D eigenvalue weighted by Crippen LogP contribution is -2.37. The predicted molar refractivity (Wildman–Crippen MR) is 47.2 cm³/mol. The van der Waals surface area contributed by atoms with Gasteiger partial charge in [-0.3, -0.25) is 4.79 Å². The third-order valence-corrected chi connectivity index (χ3v) is 2.17. The minimum atomic E-state index is -0.985. The third-order valence-electron chi connectivity index (χ3n) is 1.79. The zero-order valence-corrected chi connectivity index (χ0v) is 8.47. The number of ether oxygens (including phenoxy) is 1. The van der Waals surface area contributed by atoms with Crippen LogP contribution in [-0.4, -0.2) is 34.5 Å². The number of alkyl halides is 2. The van der Waals surface area contributed by atoms with Crippen LogP contribution >= 0.6 is 23.2 Å². The Kier molecular flexibility index (Phi) is 3.21. The second-order valence-electron chi connectivity index (χ2n) is 2.84. The maximum Gasteiger partial charge on any atom is 0.257 e. The standard InChI is InChI=1S/C7H11Cl2NO2/c1-4-3-10(5(2)12-4)7(11)6(8)9/h4-6H,3H2,1-2H3. The Labute approximate surface area is 81.6 Å². The van der Waals surface area contributed by atoms with Crippen LogP contribution in [0.15, 0.2) is 0 Å². The van der Waals surface area contributed by atoms with Crippen LogP contribution < -0.4 is 0 Å². The molecular formula is C7H11Cl2NO2. The van der Waals surface area contributed by atoms with Gasteiger partial charge in [0.1, 0.15) is 6.23 Å². The number of halogens is 2. The number of nitrogens with zero attached hydrogens (tertiary/aromatic N) is 1. The van der Waals surface area contributed by atoms with Crippen molar-refractivity contribution < 1.29 is 9.53 Å². The molecule has 0 aromatic rings. The number of rotatable bonds is 1. The van der Waals surface area contributed by atoms with Crippen LogP contribution in [0, 0.1) is 0 Å². The molecule has 0 aromatic carbocycles. The molecule has 0 bridgehead atoms. The molecule has 12 heavy (non-hydrogen) atoms. The SMILES string of the molecule is CC1CN(C(=O)C(Cl)Cl)C(C)O1. The van der Waals surface area contributed by atoms with Crippen molar-refractivity contribution in [3.63, 3.8) is 0 Å². The van der Waals surface area contributed by atoms with E-state index in [1.165, 1.54) is 4.90 Å². The Hall–Kier alpha value is 0.01000. The van der Waals surface area contributed by atoms with Crippen LogP contribution in [0.4, 0.5) is 0 Å². The fraction of sp³-hybridized carbons (Fsp3) is 0.857. The zero-order chi connectivity index (χ0) is 9.30.